The molecule has 1 unspecified atom stereocenters. The van der Waals surface area contributed by atoms with Gasteiger partial charge in [0.15, 0.2) is 0 Å². The average molecular weight is 336 g/mol. The first-order chi connectivity index (χ1) is 9.60. The molecule has 2 aromatic carbocycles. The van der Waals surface area contributed by atoms with Crippen LogP contribution >= 0.6 is 15.9 Å². The Balaban J connectivity index is 2.29. The molecule has 0 saturated carbocycles. The van der Waals surface area contributed by atoms with E-state index >= 15 is 0 Å². The van der Waals surface area contributed by atoms with Crippen LogP contribution in [0.15, 0.2) is 46.9 Å². The lowest BCUT2D eigenvalue weighted by atomic mass is 9.97. The molecule has 1 nitrogen and oxygen atoms in total. The van der Waals surface area contributed by atoms with Crippen LogP contribution in [0.3, 0.4) is 0 Å². The van der Waals surface area contributed by atoms with Crippen LogP contribution in [-0.2, 0) is 6.42 Å². The van der Waals surface area contributed by atoms with Gasteiger partial charge in [0.1, 0.15) is 5.82 Å². The minimum Gasteiger partial charge on any atom is -0.310 e. The fourth-order valence-corrected chi connectivity index (χ4v) is 2.85. The number of hydrogen-bond acceptors (Lipinski definition) is 1. The molecule has 0 fully saturated rings. The maximum Gasteiger partial charge on any atom is 0.123 e. The van der Waals surface area contributed by atoms with Crippen molar-refractivity contribution in [1.82, 2.24) is 5.32 Å². The molecule has 0 aliphatic heterocycles. The molecule has 106 valence electrons. The summed E-state index contributed by atoms with van der Waals surface area (Å²) in [5.41, 5.74) is 3.18. The fourth-order valence-electron chi connectivity index (χ4n) is 2.40. The molecule has 2 aromatic rings. The van der Waals surface area contributed by atoms with Gasteiger partial charge in [-0.3, -0.25) is 0 Å². The monoisotopic (exact) mass is 335 g/mol. The van der Waals surface area contributed by atoms with Crippen LogP contribution < -0.4 is 5.32 Å². The summed E-state index contributed by atoms with van der Waals surface area (Å²) < 4.78 is 14.7. The Morgan fingerprint density at radius 3 is 2.60 bits per heavy atom. The second-order valence-electron chi connectivity index (χ2n) is 4.97. The van der Waals surface area contributed by atoms with E-state index < -0.39 is 0 Å². The van der Waals surface area contributed by atoms with Crippen LogP contribution in [0, 0.1) is 12.7 Å². The molecule has 0 aromatic heterocycles. The first kappa shape index (κ1) is 15.2. The molecule has 0 radical (unpaired) electrons. The van der Waals surface area contributed by atoms with Crippen molar-refractivity contribution in [1.29, 1.82) is 0 Å². The van der Waals surface area contributed by atoms with E-state index in [9.17, 15) is 4.39 Å². The van der Waals surface area contributed by atoms with Crippen molar-refractivity contribution in [3.8, 4) is 0 Å². The lowest BCUT2D eigenvalue weighted by molar-refractivity contribution is 0.541. The molecule has 0 saturated heterocycles. The van der Waals surface area contributed by atoms with Gasteiger partial charge in [0.25, 0.3) is 0 Å². The van der Waals surface area contributed by atoms with Crippen LogP contribution in [0.5, 0.6) is 0 Å². The number of hydrogen-bond donors (Lipinski definition) is 1. The summed E-state index contributed by atoms with van der Waals surface area (Å²) in [6, 6.07) is 13.5. The molecule has 1 atom stereocenters. The molecule has 3 heteroatoms. The molecule has 1 N–H and O–H groups in total. The quantitative estimate of drug-likeness (QED) is 0.828. The Morgan fingerprint density at radius 1 is 1.20 bits per heavy atom. The summed E-state index contributed by atoms with van der Waals surface area (Å²) in [5.74, 6) is -0.171. The summed E-state index contributed by atoms with van der Waals surface area (Å²) in [6.07, 6.45) is 0.832. The Hall–Kier alpha value is -1.19. The van der Waals surface area contributed by atoms with Crippen molar-refractivity contribution >= 4 is 15.9 Å². The second-order valence-corrected chi connectivity index (χ2v) is 5.82. The third-order valence-corrected chi connectivity index (χ3v) is 4.07. The van der Waals surface area contributed by atoms with Gasteiger partial charge in [0.2, 0.25) is 0 Å². The van der Waals surface area contributed by atoms with Crippen LogP contribution in [0.25, 0.3) is 0 Å². The third kappa shape index (κ3) is 3.90. The van der Waals surface area contributed by atoms with Crippen molar-refractivity contribution < 1.29 is 4.39 Å². The van der Waals surface area contributed by atoms with Crippen molar-refractivity contribution in [3.05, 3.63) is 69.4 Å². The van der Waals surface area contributed by atoms with Crippen LogP contribution in [0.1, 0.15) is 29.7 Å². The predicted molar refractivity (Wildman–Crippen MR) is 85.4 cm³/mol. The average Bonchev–Trinajstić information content (AvgIpc) is 2.39. The zero-order valence-corrected chi connectivity index (χ0v) is 13.4. The topological polar surface area (TPSA) is 12.0 Å². The molecular formula is C17H19BrFN. The number of aryl methyl sites for hydroxylation is 1. The maximum absolute atomic E-state index is 13.6. The molecule has 2 rings (SSSR count). The standard InChI is InChI=1S/C17H19BrFN/c1-3-20-17(11-13-6-4-5-7-16(13)18)14-8-12(2)9-15(19)10-14/h4-10,17,20H,3,11H2,1-2H3. The van der Waals surface area contributed by atoms with Crippen LogP contribution in [0.2, 0.25) is 0 Å². The Labute approximate surface area is 128 Å². The van der Waals surface area contributed by atoms with Gasteiger partial charge in [-0.05, 0) is 54.8 Å². The molecule has 20 heavy (non-hydrogen) atoms. The number of nitrogens with one attached hydrogen (secondary N) is 1. The van der Waals surface area contributed by atoms with Crippen molar-refractivity contribution in [2.75, 3.05) is 6.54 Å². The first-order valence-electron chi connectivity index (χ1n) is 6.84. The van der Waals surface area contributed by atoms with Crippen LogP contribution in [-0.4, -0.2) is 6.54 Å². The lowest BCUT2D eigenvalue weighted by Crippen LogP contribution is -2.23. The predicted octanol–water partition coefficient (Wildman–Crippen LogP) is 4.79. The summed E-state index contributed by atoms with van der Waals surface area (Å²) in [4.78, 5) is 0. The van der Waals surface area contributed by atoms with E-state index in [2.05, 4.69) is 34.2 Å². The highest BCUT2D eigenvalue weighted by atomic mass is 79.9. The molecule has 0 bridgehead atoms. The molecule has 0 amide bonds. The molecule has 0 aliphatic rings. The van der Waals surface area contributed by atoms with Gasteiger partial charge in [0, 0.05) is 10.5 Å². The Morgan fingerprint density at radius 2 is 1.95 bits per heavy atom. The van der Waals surface area contributed by atoms with Gasteiger partial charge in [-0.15, -0.1) is 0 Å². The third-order valence-electron chi connectivity index (χ3n) is 3.30. The first-order valence-corrected chi connectivity index (χ1v) is 7.63. The second kappa shape index (κ2) is 7.00. The van der Waals surface area contributed by atoms with Crippen molar-refractivity contribution in [2.45, 2.75) is 26.3 Å². The lowest BCUT2D eigenvalue weighted by Gasteiger charge is -2.20. The molecule has 0 aliphatic carbocycles. The van der Waals surface area contributed by atoms with E-state index in [-0.39, 0.29) is 11.9 Å². The van der Waals surface area contributed by atoms with Gasteiger partial charge < -0.3 is 5.32 Å². The fraction of sp³-hybridized carbons (Fsp3) is 0.294. The zero-order chi connectivity index (χ0) is 14.5. The van der Waals surface area contributed by atoms with Gasteiger partial charge >= 0.3 is 0 Å². The Kier molecular flexibility index (Phi) is 5.32. The Bertz CT molecular complexity index is 563. The number of halogens is 2. The largest absolute Gasteiger partial charge is 0.310 e. The van der Waals surface area contributed by atoms with Crippen molar-refractivity contribution in [3.63, 3.8) is 0 Å². The SMILES string of the molecule is CCNC(Cc1ccccc1Br)c1cc(C)cc(F)c1. The van der Waals surface area contributed by atoms with Crippen LogP contribution in [0.4, 0.5) is 4.39 Å². The highest BCUT2D eigenvalue weighted by Gasteiger charge is 2.14. The molecule has 0 heterocycles. The van der Waals surface area contributed by atoms with Crippen molar-refractivity contribution in [2.24, 2.45) is 0 Å². The van der Waals surface area contributed by atoms with Gasteiger partial charge in [-0.25, -0.2) is 4.39 Å². The summed E-state index contributed by atoms with van der Waals surface area (Å²) in [5, 5.41) is 3.44. The van der Waals surface area contributed by atoms with E-state index in [1.165, 1.54) is 5.56 Å². The van der Waals surface area contributed by atoms with E-state index in [1.54, 1.807) is 12.1 Å². The van der Waals surface area contributed by atoms with E-state index in [1.807, 2.05) is 31.2 Å². The number of rotatable bonds is 5. The maximum atomic E-state index is 13.6. The van der Waals surface area contributed by atoms with Gasteiger partial charge in [0.05, 0.1) is 0 Å². The summed E-state index contributed by atoms with van der Waals surface area (Å²) in [7, 11) is 0. The van der Waals surface area contributed by atoms with E-state index in [4.69, 9.17) is 0 Å². The summed E-state index contributed by atoms with van der Waals surface area (Å²) in [6.45, 7) is 4.85. The normalized spacial score (nSPS) is 12.4. The van der Waals surface area contributed by atoms with E-state index in [0.29, 0.717) is 0 Å². The smallest absolute Gasteiger partial charge is 0.123 e. The number of likely N-dealkylation sites (N-methyl/N-ethyl adjacent to an activating group) is 1. The van der Waals surface area contributed by atoms with Gasteiger partial charge in [-0.2, -0.15) is 0 Å². The highest BCUT2D eigenvalue weighted by Crippen LogP contribution is 2.25. The minimum atomic E-state index is -0.171. The highest BCUT2D eigenvalue weighted by molar-refractivity contribution is 9.10. The molecular weight excluding hydrogens is 317 g/mol. The molecule has 0 spiro atoms. The minimum absolute atomic E-state index is 0.119. The zero-order valence-electron chi connectivity index (χ0n) is 11.8. The van der Waals surface area contributed by atoms with Gasteiger partial charge in [-0.1, -0.05) is 47.1 Å². The number of benzene rings is 2. The summed E-state index contributed by atoms with van der Waals surface area (Å²) >= 11 is 3.58. The van der Waals surface area contributed by atoms with E-state index in [0.717, 1.165) is 28.6 Å².